The van der Waals surface area contributed by atoms with Crippen LogP contribution in [-0.2, 0) is 20.6 Å². The maximum Gasteiger partial charge on any atom is 0.416 e. The number of nitrogens with one attached hydrogen (secondary N) is 3. The largest absolute Gasteiger partial charge is 0.416 e. The smallest absolute Gasteiger partial charge is 0.339 e. The van der Waals surface area contributed by atoms with E-state index in [0.29, 0.717) is 22.3 Å². The maximum absolute atomic E-state index is 12.7. The normalized spacial score (nSPS) is 10.9. The summed E-state index contributed by atoms with van der Waals surface area (Å²) in [5.41, 5.74) is 0.0196. The van der Waals surface area contributed by atoms with Crippen molar-refractivity contribution in [2.75, 3.05) is 17.2 Å². The van der Waals surface area contributed by atoms with Crippen LogP contribution < -0.4 is 16.0 Å². The first-order chi connectivity index (χ1) is 13.1. The zero-order valence-electron chi connectivity index (χ0n) is 14.5. The summed E-state index contributed by atoms with van der Waals surface area (Å²) in [6.07, 6.45) is -4.58. The molecular weight excluding hydrogens is 399 g/mol. The molecule has 2 aromatic rings. The SMILES string of the molecule is Cc1cc(Cl)ccc1NC(=O)CNC(=O)C(=O)Nc1cccc(C(F)(F)F)c1. The van der Waals surface area contributed by atoms with E-state index in [4.69, 9.17) is 11.6 Å². The Bertz CT molecular complexity index is 916. The Morgan fingerprint density at radius 1 is 1.00 bits per heavy atom. The molecule has 0 bridgehead atoms. The number of rotatable bonds is 4. The lowest BCUT2D eigenvalue weighted by atomic mass is 10.2. The minimum Gasteiger partial charge on any atom is -0.339 e. The first kappa shape index (κ1) is 21.2. The number of amides is 3. The molecule has 148 valence electrons. The molecule has 3 N–H and O–H groups in total. The molecule has 2 aromatic carbocycles. The Balaban J connectivity index is 1.89. The Morgan fingerprint density at radius 3 is 2.36 bits per heavy atom. The van der Waals surface area contributed by atoms with Crippen molar-refractivity contribution in [1.29, 1.82) is 0 Å². The van der Waals surface area contributed by atoms with Crippen molar-refractivity contribution in [3.05, 3.63) is 58.6 Å². The lowest BCUT2D eigenvalue weighted by Crippen LogP contribution is -2.39. The molecule has 0 saturated carbocycles. The summed E-state index contributed by atoms with van der Waals surface area (Å²) in [6, 6.07) is 8.62. The number of carbonyl (C=O) groups excluding carboxylic acids is 3. The highest BCUT2D eigenvalue weighted by Crippen LogP contribution is 2.30. The Morgan fingerprint density at radius 2 is 1.71 bits per heavy atom. The molecule has 0 saturated heterocycles. The third kappa shape index (κ3) is 5.98. The van der Waals surface area contributed by atoms with Gasteiger partial charge < -0.3 is 16.0 Å². The minimum atomic E-state index is -4.58. The molecule has 0 unspecified atom stereocenters. The summed E-state index contributed by atoms with van der Waals surface area (Å²) in [4.78, 5) is 35.4. The van der Waals surface area contributed by atoms with Crippen LogP contribution in [0.15, 0.2) is 42.5 Å². The summed E-state index contributed by atoms with van der Waals surface area (Å²) < 4.78 is 38.0. The molecule has 0 spiro atoms. The van der Waals surface area contributed by atoms with Gasteiger partial charge in [-0.25, -0.2) is 0 Å². The highest BCUT2D eigenvalue weighted by Gasteiger charge is 2.30. The Hall–Kier alpha value is -3.07. The minimum absolute atomic E-state index is 0.198. The van der Waals surface area contributed by atoms with E-state index < -0.39 is 36.0 Å². The predicted molar refractivity (Wildman–Crippen MR) is 97.9 cm³/mol. The van der Waals surface area contributed by atoms with E-state index in [2.05, 4.69) is 10.6 Å². The van der Waals surface area contributed by atoms with Crippen molar-refractivity contribution in [2.24, 2.45) is 0 Å². The molecule has 0 aromatic heterocycles. The molecule has 2 rings (SSSR count). The molecule has 0 aliphatic rings. The van der Waals surface area contributed by atoms with Crippen molar-refractivity contribution >= 4 is 40.7 Å². The van der Waals surface area contributed by atoms with Crippen molar-refractivity contribution in [3.8, 4) is 0 Å². The van der Waals surface area contributed by atoms with Crippen LogP contribution in [0, 0.1) is 6.92 Å². The van der Waals surface area contributed by atoms with E-state index in [1.54, 1.807) is 25.1 Å². The van der Waals surface area contributed by atoms with Gasteiger partial charge in [-0.1, -0.05) is 17.7 Å². The molecule has 0 aliphatic carbocycles. The van der Waals surface area contributed by atoms with Gasteiger partial charge in [0.05, 0.1) is 12.1 Å². The molecule has 3 amide bonds. The number of hydrogen-bond acceptors (Lipinski definition) is 3. The first-order valence-electron chi connectivity index (χ1n) is 7.88. The van der Waals surface area contributed by atoms with E-state index >= 15 is 0 Å². The fourth-order valence-electron chi connectivity index (χ4n) is 2.16. The number of aryl methyl sites for hydroxylation is 1. The molecule has 0 fully saturated rings. The molecule has 0 heterocycles. The van der Waals surface area contributed by atoms with Crippen LogP contribution >= 0.6 is 11.6 Å². The van der Waals surface area contributed by atoms with E-state index in [1.807, 2.05) is 5.32 Å². The molecule has 0 aliphatic heterocycles. The van der Waals surface area contributed by atoms with Gasteiger partial charge in [-0.15, -0.1) is 0 Å². The van der Waals surface area contributed by atoms with E-state index in [9.17, 15) is 27.6 Å². The molecule has 0 atom stereocenters. The topological polar surface area (TPSA) is 87.3 Å². The molecule has 28 heavy (non-hydrogen) atoms. The number of carbonyl (C=O) groups is 3. The van der Waals surface area contributed by atoms with Gasteiger partial charge in [-0.05, 0) is 48.9 Å². The van der Waals surface area contributed by atoms with Crippen LogP contribution in [0.2, 0.25) is 5.02 Å². The summed E-state index contributed by atoms with van der Waals surface area (Å²) in [5, 5.41) is 7.16. The number of hydrogen-bond donors (Lipinski definition) is 3. The van der Waals surface area contributed by atoms with Gasteiger partial charge >= 0.3 is 18.0 Å². The van der Waals surface area contributed by atoms with Gasteiger partial charge in [-0.2, -0.15) is 13.2 Å². The standard InChI is InChI=1S/C18H15ClF3N3O3/c1-10-7-12(19)5-6-14(10)25-15(26)9-23-16(27)17(28)24-13-4-2-3-11(8-13)18(20,21)22/h2-8H,9H2,1H3,(H,23,27)(H,24,28)(H,25,26). The molecule has 10 heteroatoms. The van der Waals surface area contributed by atoms with E-state index in [-0.39, 0.29) is 5.69 Å². The van der Waals surface area contributed by atoms with Crippen LogP contribution in [0.5, 0.6) is 0 Å². The average Bonchev–Trinajstić information content (AvgIpc) is 2.61. The van der Waals surface area contributed by atoms with Crippen LogP contribution in [0.4, 0.5) is 24.5 Å². The predicted octanol–water partition coefficient (Wildman–Crippen LogP) is 3.36. The lowest BCUT2D eigenvalue weighted by Gasteiger charge is -2.11. The second-order valence-electron chi connectivity index (χ2n) is 5.72. The summed E-state index contributed by atoms with van der Waals surface area (Å²) in [5.74, 6) is -2.96. The molecule has 6 nitrogen and oxygen atoms in total. The van der Waals surface area contributed by atoms with E-state index in [1.165, 1.54) is 6.07 Å². The van der Waals surface area contributed by atoms with Gasteiger partial charge in [-0.3, -0.25) is 14.4 Å². The number of alkyl halides is 3. The molecular formula is C18H15ClF3N3O3. The van der Waals surface area contributed by atoms with Gasteiger partial charge in [0.25, 0.3) is 0 Å². The van der Waals surface area contributed by atoms with Crippen molar-refractivity contribution in [3.63, 3.8) is 0 Å². The quantitative estimate of drug-likeness (QED) is 0.672. The number of benzene rings is 2. The van der Waals surface area contributed by atoms with E-state index in [0.717, 1.165) is 12.1 Å². The zero-order chi connectivity index (χ0) is 20.9. The third-order valence-electron chi connectivity index (χ3n) is 3.53. The van der Waals surface area contributed by atoms with Crippen LogP contribution in [0.1, 0.15) is 11.1 Å². The Labute approximate surface area is 163 Å². The van der Waals surface area contributed by atoms with Gasteiger partial charge in [0.15, 0.2) is 0 Å². The van der Waals surface area contributed by atoms with Gasteiger partial charge in [0, 0.05) is 16.4 Å². The monoisotopic (exact) mass is 413 g/mol. The third-order valence-corrected chi connectivity index (χ3v) is 3.76. The van der Waals surface area contributed by atoms with Crippen LogP contribution in [0.25, 0.3) is 0 Å². The van der Waals surface area contributed by atoms with Crippen molar-refractivity contribution in [1.82, 2.24) is 5.32 Å². The number of anilines is 2. The maximum atomic E-state index is 12.7. The lowest BCUT2D eigenvalue weighted by molar-refractivity contribution is -0.137. The molecule has 0 radical (unpaired) electrons. The fraction of sp³-hybridized carbons (Fsp3) is 0.167. The van der Waals surface area contributed by atoms with Gasteiger partial charge in [0.1, 0.15) is 0 Å². The fourth-order valence-corrected chi connectivity index (χ4v) is 2.39. The summed E-state index contributed by atoms with van der Waals surface area (Å²) in [7, 11) is 0. The summed E-state index contributed by atoms with van der Waals surface area (Å²) in [6.45, 7) is 1.22. The first-order valence-corrected chi connectivity index (χ1v) is 8.26. The second kappa shape index (κ2) is 8.75. The highest BCUT2D eigenvalue weighted by molar-refractivity contribution is 6.40. The van der Waals surface area contributed by atoms with Crippen molar-refractivity contribution in [2.45, 2.75) is 13.1 Å². The van der Waals surface area contributed by atoms with Crippen LogP contribution in [0.3, 0.4) is 0 Å². The second-order valence-corrected chi connectivity index (χ2v) is 6.16. The summed E-state index contributed by atoms with van der Waals surface area (Å²) >= 11 is 5.82. The van der Waals surface area contributed by atoms with Gasteiger partial charge in [0.2, 0.25) is 5.91 Å². The number of halogens is 4. The Kier molecular flexibility index (Phi) is 6.63. The zero-order valence-corrected chi connectivity index (χ0v) is 15.2. The average molecular weight is 414 g/mol. The van der Waals surface area contributed by atoms with Crippen LogP contribution in [-0.4, -0.2) is 24.3 Å². The highest BCUT2D eigenvalue weighted by atomic mass is 35.5. The van der Waals surface area contributed by atoms with Crippen molar-refractivity contribution < 1.29 is 27.6 Å².